The summed E-state index contributed by atoms with van der Waals surface area (Å²) in [6.07, 6.45) is 0. The number of ether oxygens (including phenoxy) is 1. The molecule has 43 heavy (non-hydrogen) atoms. The summed E-state index contributed by atoms with van der Waals surface area (Å²) in [5.41, 5.74) is 0. The Morgan fingerprint density at radius 1 is 0.558 bits per heavy atom. The van der Waals surface area contributed by atoms with Crippen molar-refractivity contribution in [2.45, 2.75) is 0 Å². The monoisotopic (exact) mass is 832 g/mol. The second kappa shape index (κ2) is 39.4. The summed E-state index contributed by atoms with van der Waals surface area (Å²) in [6.45, 7) is 1.82. The van der Waals surface area contributed by atoms with Crippen LogP contribution in [-0.2, 0) is 34.9 Å². The van der Waals surface area contributed by atoms with Crippen molar-refractivity contribution < 1.29 is 38.5 Å². The summed E-state index contributed by atoms with van der Waals surface area (Å²) >= 11 is 18.3. The van der Waals surface area contributed by atoms with Gasteiger partial charge < -0.3 is 14.9 Å². The molecular formula is C23H44O8S12. The van der Waals surface area contributed by atoms with E-state index in [9.17, 15) is 13.8 Å². The molecule has 0 aliphatic heterocycles. The summed E-state index contributed by atoms with van der Waals surface area (Å²) in [4.78, 5) is 33.8. The van der Waals surface area contributed by atoms with Gasteiger partial charge >= 0.3 is 5.97 Å². The Balaban J connectivity index is 3.31. The van der Waals surface area contributed by atoms with E-state index in [1.165, 1.54) is 11.8 Å². The van der Waals surface area contributed by atoms with Crippen LogP contribution >= 0.6 is 129 Å². The Bertz CT molecular complexity index is 657. The normalized spacial score (nSPS) is 12.0. The van der Waals surface area contributed by atoms with Crippen LogP contribution in [0.3, 0.4) is 0 Å². The first-order chi connectivity index (χ1) is 21.1. The fourth-order valence-corrected chi connectivity index (χ4v) is 15.2. The number of hydrogen-bond donors (Lipinski definition) is 2. The molecule has 0 aliphatic carbocycles. The van der Waals surface area contributed by atoms with Crippen molar-refractivity contribution in [3.05, 3.63) is 0 Å². The zero-order chi connectivity index (χ0) is 31.5. The molecule has 0 saturated heterocycles. The third kappa shape index (κ3) is 39.3. The topological polar surface area (TPSA) is 119 Å². The van der Waals surface area contributed by atoms with Gasteiger partial charge in [-0.25, -0.2) is 9.78 Å². The minimum absolute atomic E-state index is 0.145. The highest BCUT2D eigenvalue weighted by atomic mass is 32.3. The van der Waals surface area contributed by atoms with E-state index in [2.05, 4.69) is 0 Å². The third-order valence-corrected chi connectivity index (χ3v) is 18.7. The highest BCUT2D eigenvalue weighted by Crippen LogP contribution is 2.23. The van der Waals surface area contributed by atoms with Gasteiger partial charge in [0.05, 0.1) is 43.0 Å². The smallest absolute Gasteiger partial charge is 0.315 e. The zero-order valence-corrected chi connectivity index (χ0v) is 33.9. The maximum Gasteiger partial charge on any atom is 0.315 e. The van der Waals surface area contributed by atoms with Crippen molar-refractivity contribution in [3.8, 4) is 0 Å². The molecule has 0 radical (unpaired) electrons. The van der Waals surface area contributed by atoms with Crippen molar-refractivity contribution >= 4 is 151 Å². The van der Waals surface area contributed by atoms with Crippen LogP contribution in [-0.4, -0.2) is 146 Å². The molecule has 8 nitrogen and oxygen atoms in total. The molecule has 0 aromatic rings. The first-order valence-electron chi connectivity index (χ1n) is 13.0. The predicted molar refractivity (Wildman–Crippen MR) is 212 cm³/mol. The number of thioether (sulfide) groups is 11. The molecule has 0 aromatic heterocycles. The molecular weight excluding hydrogens is 789 g/mol. The van der Waals surface area contributed by atoms with Crippen LogP contribution in [0.2, 0.25) is 0 Å². The summed E-state index contributed by atoms with van der Waals surface area (Å²) < 4.78 is 17.3. The molecule has 1 unspecified atom stereocenters. The molecule has 0 rings (SSSR count). The minimum atomic E-state index is -0.832. The Morgan fingerprint density at radius 3 is 1.77 bits per heavy atom. The Labute approximate surface area is 307 Å². The number of hydrogen-bond acceptors (Lipinski definition) is 19. The van der Waals surface area contributed by atoms with Gasteiger partial charge in [-0.1, -0.05) is 11.8 Å². The lowest BCUT2D eigenvalue weighted by atomic mass is 10.8. The van der Waals surface area contributed by atoms with E-state index in [0.29, 0.717) is 53.7 Å². The largest absolute Gasteiger partial charge is 0.464 e. The lowest BCUT2D eigenvalue weighted by molar-refractivity contribution is -0.285. The standard InChI is InChI=1S/C23H44O8S12/c24-1-6-32-8-3-29-22(26)13-36-17-39-16-35-11-12-43(28)21-41-19-40-20-42-23(27)14-37-18-38-15-34-10-5-31-30-4-9-33-7-2-25/h24-25H,1-21H2. The maximum atomic E-state index is 12.2. The molecule has 2 N–H and O–H groups in total. The highest BCUT2D eigenvalue weighted by Gasteiger charge is 2.06. The molecule has 0 fully saturated rings. The first-order valence-corrected chi connectivity index (χ1v) is 27.0. The van der Waals surface area contributed by atoms with Crippen LogP contribution in [0.5, 0.6) is 0 Å². The second-order valence-electron chi connectivity index (χ2n) is 7.35. The van der Waals surface area contributed by atoms with Crippen LogP contribution in [0.1, 0.15) is 0 Å². The first kappa shape index (κ1) is 46.0. The molecule has 0 amide bonds. The number of carbonyl (C=O) groups excluding carboxylic acids is 2. The summed E-state index contributed by atoms with van der Waals surface area (Å²) in [6, 6.07) is 0. The van der Waals surface area contributed by atoms with E-state index in [0.717, 1.165) is 53.5 Å². The van der Waals surface area contributed by atoms with Crippen molar-refractivity contribution in [2.24, 2.45) is 0 Å². The number of esters is 1. The van der Waals surface area contributed by atoms with E-state index in [-0.39, 0.29) is 24.3 Å². The molecule has 0 saturated carbocycles. The van der Waals surface area contributed by atoms with Gasteiger partial charge in [0.2, 0.25) is 0 Å². The van der Waals surface area contributed by atoms with Gasteiger partial charge in [-0.15, -0.1) is 82.3 Å². The quantitative estimate of drug-likeness (QED) is 0.0275. The molecule has 0 heterocycles. The van der Waals surface area contributed by atoms with E-state index >= 15 is 0 Å². The van der Waals surface area contributed by atoms with E-state index in [1.54, 1.807) is 118 Å². The van der Waals surface area contributed by atoms with Crippen molar-refractivity contribution in [1.82, 2.24) is 0 Å². The number of carbonyl (C=O) groups is 2. The van der Waals surface area contributed by atoms with Crippen LogP contribution in [0, 0.1) is 0 Å². The maximum absolute atomic E-state index is 12.2. The molecule has 20 heteroatoms. The van der Waals surface area contributed by atoms with Gasteiger partial charge in [-0.3, -0.25) is 13.8 Å². The number of rotatable bonds is 35. The molecule has 0 bridgehead atoms. The Morgan fingerprint density at radius 2 is 1.09 bits per heavy atom. The van der Waals surface area contributed by atoms with E-state index < -0.39 is 10.8 Å². The van der Waals surface area contributed by atoms with Gasteiger partial charge in [-0.2, -0.15) is 35.3 Å². The lowest BCUT2D eigenvalue weighted by Gasteiger charge is -2.05. The molecule has 0 aliphatic rings. The SMILES string of the molecule is O=C(CSCSCSCCS(=O)CSCSCSC(=O)CSCSCSCCOOCCSCCO)OCCSCCO. The molecule has 0 aromatic carbocycles. The average Bonchev–Trinajstić information content (AvgIpc) is 3.00. The van der Waals surface area contributed by atoms with E-state index in [4.69, 9.17) is 24.7 Å². The molecule has 0 spiro atoms. The minimum Gasteiger partial charge on any atom is -0.464 e. The fraction of sp³-hybridized carbons (Fsp3) is 0.913. The number of aliphatic hydroxyl groups excluding tert-OH is 2. The summed E-state index contributed by atoms with van der Waals surface area (Å²) in [7, 11) is -0.832. The van der Waals surface area contributed by atoms with Crippen LogP contribution < -0.4 is 0 Å². The highest BCUT2D eigenvalue weighted by molar-refractivity contribution is 8.29. The van der Waals surface area contributed by atoms with Gasteiger partial charge in [0.1, 0.15) is 6.61 Å². The van der Waals surface area contributed by atoms with Gasteiger partial charge in [0.25, 0.3) is 0 Å². The van der Waals surface area contributed by atoms with Crippen molar-refractivity contribution in [1.29, 1.82) is 0 Å². The van der Waals surface area contributed by atoms with Crippen molar-refractivity contribution in [2.75, 3.05) is 120 Å². The van der Waals surface area contributed by atoms with Crippen LogP contribution in [0.15, 0.2) is 0 Å². The Kier molecular flexibility index (Phi) is 42.2. The average molecular weight is 833 g/mol. The molecule has 1 atom stereocenters. The lowest BCUT2D eigenvalue weighted by Crippen LogP contribution is -2.10. The van der Waals surface area contributed by atoms with Gasteiger partial charge in [0, 0.05) is 81.6 Å². The van der Waals surface area contributed by atoms with Crippen LogP contribution in [0.25, 0.3) is 0 Å². The van der Waals surface area contributed by atoms with Gasteiger partial charge in [-0.05, 0) is 0 Å². The fourth-order valence-electron chi connectivity index (χ4n) is 2.14. The predicted octanol–water partition coefficient (Wildman–Crippen LogP) is 5.51. The summed E-state index contributed by atoms with van der Waals surface area (Å²) in [5.74, 6) is 6.03. The van der Waals surface area contributed by atoms with Gasteiger partial charge in [0.15, 0.2) is 5.12 Å². The number of aliphatic hydroxyl groups is 2. The van der Waals surface area contributed by atoms with Crippen molar-refractivity contribution in [3.63, 3.8) is 0 Å². The zero-order valence-electron chi connectivity index (χ0n) is 24.1. The third-order valence-electron chi connectivity index (χ3n) is 3.91. The Hall–Kier alpha value is 2.98. The second-order valence-corrected chi connectivity index (χ2v) is 23.1. The van der Waals surface area contributed by atoms with E-state index in [1.807, 2.05) is 0 Å². The summed E-state index contributed by atoms with van der Waals surface area (Å²) in [5, 5.41) is 23.4. The molecule has 256 valence electrons. The van der Waals surface area contributed by atoms with Crippen LogP contribution in [0.4, 0.5) is 0 Å².